The Morgan fingerprint density at radius 2 is 2.00 bits per heavy atom. The topological polar surface area (TPSA) is 78.7 Å². The quantitative estimate of drug-likeness (QED) is 0.838. The molecule has 2 heterocycles. The molecule has 1 fully saturated rings. The summed E-state index contributed by atoms with van der Waals surface area (Å²) < 4.78 is 11.0. The van der Waals surface area contributed by atoms with Crippen LogP contribution >= 0.6 is 0 Å². The molecule has 0 aliphatic carbocycles. The molecular formula is C17H24N4O3. The minimum Gasteiger partial charge on any atom is -0.476 e. The third-order valence-electron chi connectivity index (χ3n) is 3.55. The molecule has 1 amide bonds. The molecular weight excluding hydrogens is 308 g/mol. The second-order valence-corrected chi connectivity index (χ2v) is 6.65. The highest BCUT2D eigenvalue weighted by Gasteiger charge is 2.25. The van der Waals surface area contributed by atoms with Crippen molar-refractivity contribution >= 4 is 6.09 Å². The lowest BCUT2D eigenvalue weighted by Gasteiger charge is -2.35. The number of carbonyl (C=O) groups excluding carboxylic acids is 1. The Morgan fingerprint density at radius 1 is 1.29 bits per heavy atom. The van der Waals surface area contributed by atoms with Gasteiger partial charge in [0.1, 0.15) is 18.3 Å². The summed E-state index contributed by atoms with van der Waals surface area (Å²) in [6.45, 7) is 9.80. The molecule has 1 saturated heterocycles. The molecule has 1 aromatic heterocycles. The van der Waals surface area contributed by atoms with Gasteiger partial charge in [0, 0.05) is 45.0 Å². The van der Waals surface area contributed by atoms with Crippen LogP contribution in [0.5, 0.6) is 5.88 Å². The monoisotopic (exact) mass is 332 g/mol. The standard InChI is InChI=1S/C17H24N4O3/c1-17(2,3)24-16(22)21-8-6-20(7-9-21)10-11-23-15-5-4-14(12-18)13-19-15/h4-5,13H,6-11H2,1-3H3. The number of hydrogen-bond donors (Lipinski definition) is 0. The third kappa shape index (κ3) is 5.70. The zero-order chi connectivity index (χ0) is 17.6. The van der Waals surface area contributed by atoms with Crippen LogP contribution in [-0.4, -0.2) is 65.8 Å². The minimum atomic E-state index is -0.462. The van der Waals surface area contributed by atoms with E-state index in [4.69, 9.17) is 14.7 Å². The number of carbonyl (C=O) groups is 1. The molecule has 0 aromatic carbocycles. The molecule has 1 aliphatic heterocycles. The zero-order valence-corrected chi connectivity index (χ0v) is 14.5. The lowest BCUT2D eigenvalue weighted by Crippen LogP contribution is -2.50. The van der Waals surface area contributed by atoms with Crippen LogP contribution in [0.3, 0.4) is 0 Å². The predicted octanol–water partition coefficient (Wildman–Crippen LogP) is 1.88. The molecule has 2 rings (SSSR count). The molecule has 0 unspecified atom stereocenters. The fraction of sp³-hybridized carbons (Fsp3) is 0.588. The van der Waals surface area contributed by atoms with Crippen LogP contribution in [0.2, 0.25) is 0 Å². The maximum Gasteiger partial charge on any atom is 0.410 e. The third-order valence-corrected chi connectivity index (χ3v) is 3.55. The Bertz CT molecular complexity index is 581. The van der Waals surface area contributed by atoms with Gasteiger partial charge >= 0.3 is 6.09 Å². The van der Waals surface area contributed by atoms with Crippen LogP contribution in [0.1, 0.15) is 26.3 Å². The molecule has 0 radical (unpaired) electrons. The maximum absolute atomic E-state index is 12.0. The number of nitriles is 1. The van der Waals surface area contributed by atoms with Gasteiger partial charge in [-0.15, -0.1) is 0 Å². The first kappa shape index (κ1) is 18.0. The summed E-state index contributed by atoms with van der Waals surface area (Å²) in [6, 6.07) is 5.40. The van der Waals surface area contributed by atoms with Crippen LogP contribution < -0.4 is 4.74 Å². The first-order valence-corrected chi connectivity index (χ1v) is 8.06. The fourth-order valence-corrected chi connectivity index (χ4v) is 2.29. The Balaban J connectivity index is 1.67. The van der Waals surface area contributed by atoms with Gasteiger partial charge in [-0.1, -0.05) is 0 Å². The van der Waals surface area contributed by atoms with E-state index in [0.29, 0.717) is 31.1 Å². The molecule has 0 saturated carbocycles. The number of aromatic nitrogens is 1. The van der Waals surface area contributed by atoms with E-state index in [9.17, 15) is 4.79 Å². The Morgan fingerprint density at radius 3 is 2.54 bits per heavy atom. The summed E-state index contributed by atoms with van der Waals surface area (Å²) in [5, 5.41) is 8.72. The highest BCUT2D eigenvalue weighted by Crippen LogP contribution is 2.12. The van der Waals surface area contributed by atoms with Gasteiger partial charge in [0.2, 0.25) is 5.88 Å². The van der Waals surface area contributed by atoms with Crippen LogP contribution in [-0.2, 0) is 4.74 Å². The number of nitrogens with zero attached hydrogens (tertiary/aromatic N) is 4. The fourth-order valence-electron chi connectivity index (χ4n) is 2.29. The maximum atomic E-state index is 12.0. The highest BCUT2D eigenvalue weighted by atomic mass is 16.6. The molecule has 0 spiro atoms. The van der Waals surface area contributed by atoms with E-state index in [1.165, 1.54) is 6.20 Å². The van der Waals surface area contributed by atoms with Gasteiger partial charge in [0.15, 0.2) is 0 Å². The molecule has 0 N–H and O–H groups in total. The first-order valence-electron chi connectivity index (χ1n) is 8.06. The Hall–Kier alpha value is -2.33. The number of pyridine rings is 1. The van der Waals surface area contributed by atoms with Crippen molar-refractivity contribution in [1.29, 1.82) is 5.26 Å². The van der Waals surface area contributed by atoms with E-state index in [2.05, 4.69) is 9.88 Å². The van der Waals surface area contributed by atoms with Crippen molar-refractivity contribution in [2.45, 2.75) is 26.4 Å². The van der Waals surface area contributed by atoms with Crippen molar-refractivity contribution in [2.24, 2.45) is 0 Å². The second-order valence-electron chi connectivity index (χ2n) is 6.65. The van der Waals surface area contributed by atoms with Gasteiger partial charge in [0.05, 0.1) is 5.56 Å². The molecule has 7 nitrogen and oxygen atoms in total. The smallest absolute Gasteiger partial charge is 0.410 e. The highest BCUT2D eigenvalue weighted by molar-refractivity contribution is 5.68. The van der Waals surface area contributed by atoms with Gasteiger partial charge in [-0.3, -0.25) is 4.90 Å². The molecule has 24 heavy (non-hydrogen) atoms. The van der Waals surface area contributed by atoms with Gasteiger partial charge in [-0.2, -0.15) is 5.26 Å². The number of amides is 1. The van der Waals surface area contributed by atoms with Crippen molar-refractivity contribution in [3.63, 3.8) is 0 Å². The summed E-state index contributed by atoms with van der Waals surface area (Å²) >= 11 is 0. The van der Waals surface area contributed by atoms with Crippen molar-refractivity contribution in [3.05, 3.63) is 23.9 Å². The molecule has 1 aromatic rings. The normalized spacial score (nSPS) is 15.7. The van der Waals surface area contributed by atoms with Crippen LogP contribution in [0.4, 0.5) is 4.79 Å². The summed E-state index contributed by atoms with van der Waals surface area (Å²) in [7, 11) is 0. The van der Waals surface area contributed by atoms with E-state index in [1.807, 2.05) is 26.8 Å². The molecule has 1 aliphatic rings. The van der Waals surface area contributed by atoms with Gasteiger partial charge in [-0.05, 0) is 26.8 Å². The van der Waals surface area contributed by atoms with E-state index >= 15 is 0 Å². The van der Waals surface area contributed by atoms with Crippen LogP contribution in [0, 0.1) is 11.3 Å². The molecule has 7 heteroatoms. The van der Waals surface area contributed by atoms with Crippen molar-refractivity contribution in [1.82, 2.24) is 14.8 Å². The van der Waals surface area contributed by atoms with E-state index in [-0.39, 0.29) is 6.09 Å². The van der Waals surface area contributed by atoms with Gasteiger partial charge in [0.25, 0.3) is 0 Å². The van der Waals surface area contributed by atoms with Gasteiger partial charge < -0.3 is 14.4 Å². The van der Waals surface area contributed by atoms with Crippen molar-refractivity contribution < 1.29 is 14.3 Å². The Kier molecular flexibility index (Phi) is 5.99. The average molecular weight is 332 g/mol. The second kappa shape index (κ2) is 7.97. The summed E-state index contributed by atoms with van der Waals surface area (Å²) in [4.78, 5) is 20.1. The van der Waals surface area contributed by atoms with Crippen molar-refractivity contribution in [2.75, 3.05) is 39.3 Å². The molecule has 0 atom stereocenters. The number of hydrogen-bond acceptors (Lipinski definition) is 6. The number of ether oxygens (including phenoxy) is 2. The summed E-state index contributed by atoms with van der Waals surface area (Å²) in [5.41, 5.74) is 0.0523. The average Bonchev–Trinajstić information content (AvgIpc) is 2.54. The predicted molar refractivity (Wildman–Crippen MR) is 88.7 cm³/mol. The Labute approximate surface area is 142 Å². The SMILES string of the molecule is CC(C)(C)OC(=O)N1CCN(CCOc2ccc(C#N)cn2)CC1. The summed E-state index contributed by atoms with van der Waals surface area (Å²) in [6.07, 6.45) is 1.25. The summed E-state index contributed by atoms with van der Waals surface area (Å²) in [5.74, 6) is 0.515. The number of piperazine rings is 1. The van der Waals surface area contributed by atoms with E-state index in [0.717, 1.165) is 19.6 Å². The van der Waals surface area contributed by atoms with Crippen LogP contribution in [0.25, 0.3) is 0 Å². The lowest BCUT2D eigenvalue weighted by molar-refractivity contribution is 0.0136. The molecule has 0 bridgehead atoms. The van der Waals surface area contributed by atoms with Gasteiger partial charge in [-0.25, -0.2) is 9.78 Å². The molecule has 130 valence electrons. The number of rotatable bonds is 4. The lowest BCUT2D eigenvalue weighted by atomic mass is 10.2. The van der Waals surface area contributed by atoms with Crippen LogP contribution in [0.15, 0.2) is 18.3 Å². The largest absolute Gasteiger partial charge is 0.476 e. The first-order chi connectivity index (χ1) is 11.4. The minimum absolute atomic E-state index is 0.250. The van der Waals surface area contributed by atoms with Crippen molar-refractivity contribution in [3.8, 4) is 11.9 Å². The van der Waals surface area contributed by atoms with E-state index in [1.54, 1.807) is 17.0 Å². The zero-order valence-electron chi connectivity index (χ0n) is 14.5. The van der Waals surface area contributed by atoms with E-state index < -0.39 is 5.60 Å².